The highest BCUT2D eigenvalue weighted by molar-refractivity contribution is 5.51. The molecule has 0 aliphatic rings. The van der Waals surface area contributed by atoms with Crippen LogP contribution in [0.4, 0.5) is 0 Å². The van der Waals surface area contributed by atoms with Gasteiger partial charge in [0.1, 0.15) is 0 Å². The molecule has 0 saturated carbocycles. The van der Waals surface area contributed by atoms with E-state index in [1.54, 1.807) is 14.2 Å². The van der Waals surface area contributed by atoms with Crippen molar-refractivity contribution in [1.29, 1.82) is 5.26 Å². The molecule has 0 aliphatic carbocycles. The lowest BCUT2D eigenvalue weighted by atomic mass is 9.98. The fraction of sp³-hybridized carbons (Fsp3) is 0.500. The summed E-state index contributed by atoms with van der Waals surface area (Å²) in [6.07, 6.45) is 3.54. The minimum atomic E-state index is 0.416. The Morgan fingerprint density at radius 2 is 2.00 bits per heavy atom. The molecule has 0 aliphatic heterocycles. The number of benzene rings is 1. The SMILES string of the molecule is CCCCc1c(CC#N)ccc(OC)c1OC. The van der Waals surface area contributed by atoms with Crippen LogP contribution in [0.1, 0.15) is 30.9 Å². The monoisotopic (exact) mass is 233 g/mol. The predicted molar refractivity (Wildman–Crippen MR) is 67.5 cm³/mol. The van der Waals surface area contributed by atoms with E-state index in [0.717, 1.165) is 41.9 Å². The first-order chi connectivity index (χ1) is 8.28. The Morgan fingerprint density at radius 1 is 1.24 bits per heavy atom. The molecule has 0 N–H and O–H groups in total. The van der Waals surface area contributed by atoms with Crippen LogP contribution in [-0.4, -0.2) is 14.2 Å². The van der Waals surface area contributed by atoms with Gasteiger partial charge < -0.3 is 9.47 Å². The van der Waals surface area contributed by atoms with Gasteiger partial charge in [-0.1, -0.05) is 19.4 Å². The van der Waals surface area contributed by atoms with Gasteiger partial charge in [0.2, 0.25) is 0 Å². The second-order valence-electron chi connectivity index (χ2n) is 3.88. The molecule has 0 amide bonds. The van der Waals surface area contributed by atoms with Crippen molar-refractivity contribution in [2.24, 2.45) is 0 Å². The van der Waals surface area contributed by atoms with E-state index in [1.165, 1.54) is 0 Å². The Balaban J connectivity index is 3.19. The molecule has 92 valence electrons. The summed E-state index contributed by atoms with van der Waals surface area (Å²) in [5, 5.41) is 8.84. The maximum atomic E-state index is 8.84. The standard InChI is InChI=1S/C14H19NO2/c1-4-5-6-12-11(9-10-15)7-8-13(16-2)14(12)17-3/h7-8H,4-6,9H2,1-3H3. The smallest absolute Gasteiger partial charge is 0.164 e. The summed E-state index contributed by atoms with van der Waals surface area (Å²) >= 11 is 0. The third-order valence-electron chi connectivity index (χ3n) is 2.80. The highest BCUT2D eigenvalue weighted by Gasteiger charge is 2.14. The largest absolute Gasteiger partial charge is 0.493 e. The number of methoxy groups -OCH3 is 2. The number of hydrogen-bond acceptors (Lipinski definition) is 3. The van der Waals surface area contributed by atoms with E-state index in [9.17, 15) is 0 Å². The van der Waals surface area contributed by atoms with E-state index >= 15 is 0 Å². The highest BCUT2D eigenvalue weighted by Crippen LogP contribution is 2.34. The highest BCUT2D eigenvalue weighted by atomic mass is 16.5. The quantitative estimate of drug-likeness (QED) is 0.758. The maximum Gasteiger partial charge on any atom is 0.164 e. The zero-order valence-corrected chi connectivity index (χ0v) is 10.7. The molecule has 3 heteroatoms. The molecule has 0 atom stereocenters. The van der Waals surface area contributed by atoms with Crippen LogP contribution in [0.5, 0.6) is 11.5 Å². The van der Waals surface area contributed by atoms with Gasteiger partial charge in [0.25, 0.3) is 0 Å². The van der Waals surface area contributed by atoms with Crippen LogP contribution >= 0.6 is 0 Å². The Bertz CT molecular complexity index is 407. The van der Waals surface area contributed by atoms with Gasteiger partial charge in [-0.25, -0.2) is 0 Å². The van der Waals surface area contributed by atoms with Crippen molar-refractivity contribution in [3.63, 3.8) is 0 Å². The Morgan fingerprint density at radius 3 is 2.53 bits per heavy atom. The Hall–Kier alpha value is -1.69. The zero-order chi connectivity index (χ0) is 12.7. The van der Waals surface area contributed by atoms with E-state index in [1.807, 2.05) is 12.1 Å². The first kappa shape index (κ1) is 13.4. The molecule has 0 aromatic heterocycles. The lowest BCUT2D eigenvalue weighted by Gasteiger charge is -2.15. The molecular formula is C14H19NO2. The normalized spacial score (nSPS) is 9.76. The summed E-state index contributed by atoms with van der Waals surface area (Å²) in [7, 11) is 3.27. The number of nitriles is 1. The van der Waals surface area contributed by atoms with Gasteiger partial charge in [0.05, 0.1) is 26.7 Å². The molecule has 1 aromatic rings. The lowest BCUT2D eigenvalue weighted by Crippen LogP contribution is -2.01. The first-order valence-corrected chi connectivity index (χ1v) is 5.88. The van der Waals surface area contributed by atoms with Crippen molar-refractivity contribution in [3.05, 3.63) is 23.3 Å². The molecule has 0 spiro atoms. The van der Waals surface area contributed by atoms with E-state index < -0.39 is 0 Å². The number of hydrogen-bond donors (Lipinski definition) is 0. The summed E-state index contributed by atoms with van der Waals surface area (Å²) in [6.45, 7) is 2.15. The van der Waals surface area contributed by atoms with Crippen molar-refractivity contribution in [1.82, 2.24) is 0 Å². The third kappa shape index (κ3) is 3.13. The average Bonchev–Trinajstić information content (AvgIpc) is 2.36. The molecular weight excluding hydrogens is 214 g/mol. The van der Waals surface area contributed by atoms with Crippen LogP contribution in [0.2, 0.25) is 0 Å². The molecule has 1 rings (SSSR count). The fourth-order valence-electron chi connectivity index (χ4n) is 1.91. The number of nitrogens with zero attached hydrogens (tertiary/aromatic N) is 1. The summed E-state index contributed by atoms with van der Waals surface area (Å²) in [6, 6.07) is 6.01. The second-order valence-corrected chi connectivity index (χ2v) is 3.88. The van der Waals surface area contributed by atoms with E-state index in [0.29, 0.717) is 6.42 Å². The van der Waals surface area contributed by atoms with Gasteiger partial charge in [-0.3, -0.25) is 0 Å². The zero-order valence-electron chi connectivity index (χ0n) is 10.7. The van der Waals surface area contributed by atoms with Crippen LogP contribution in [0, 0.1) is 11.3 Å². The van der Waals surface area contributed by atoms with Gasteiger partial charge in [0.15, 0.2) is 11.5 Å². The molecule has 1 aromatic carbocycles. The van der Waals surface area contributed by atoms with Crippen LogP contribution in [0.15, 0.2) is 12.1 Å². The van der Waals surface area contributed by atoms with Crippen LogP contribution in [0.25, 0.3) is 0 Å². The topological polar surface area (TPSA) is 42.2 Å². The molecule has 0 fully saturated rings. The van der Waals surface area contributed by atoms with Gasteiger partial charge in [-0.05, 0) is 24.5 Å². The molecule has 0 unspecified atom stereocenters. The number of unbranched alkanes of at least 4 members (excludes halogenated alkanes) is 1. The fourth-order valence-corrected chi connectivity index (χ4v) is 1.91. The van der Waals surface area contributed by atoms with Crippen molar-refractivity contribution >= 4 is 0 Å². The number of ether oxygens (including phenoxy) is 2. The minimum absolute atomic E-state index is 0.416. The molecule has 0 bridgehead atoms. The van der Waals surface area contributed by atoms with Gasteiger partial charge >= 0.3 is 0 Å². The van der Waals surface area contributed by atoms with Gasteiger partial charge in [0, 0.05) is 5.56 Å². The van der Waals surface area contributed by atoms with Crippen molar-refractivity contribution in [3.8, 4) is 17.6 Å². The van der Waals surface area contributed by atoms with Crippen molar-refractivity contribution in [2.75, 3.05) is 14.2 Å². The van der Waals surface area contributed by atoms with Crippen LogP contribution in [-0.2, 0) is 12.8 Å². The second kappa shape index (κ2) is 6.80. The van der Waals surface area contributed by atoms with Crippen molar-refractivity contribution < 1.29 is 9.47 Å². The minimum Gasteiger partial charge on any atom is -0.493 e. The number of rotatable bonds is 6. The van der Waals surface area contributed by atoms with Crippen molar-refractivity contribution in [2.45, 2.75) is 32.6 Å². The predicted octanol–water partition coefficient (Wildman–Crippen LogP) is 3.11. The van der Waals surface area contributed by atoms with E-state index in [4.69, 9.17) is 14.7 Å². The molecule has 17 heavy (non-hydrogen) atoms. The summed E-state index contributed by atoms with van der Waals surface area (Å²) in [5.41, 5.74) is 2.15. The Labute approximate surface area is 103 Å². The maximum absolute atomic E-state index is 8.84. The van der Waals surface area contributed by atoms with Gasteiger partial charge in [-0.2, -0.15) is 5.26 Å². The molecule has 0 radical (unpaired) electrons. The molecule has 3 nitrogen and oxygen atoms in total. The molecule has 0 heterocycles. The summed E-state index contributed by atoms with van der Waals surface area (Å²) in [4.78, 5) is 0. The summed E-state index contributed by atoms with van der Waals surface area (Å²) < 4.78 is 10.7. The van der Waals surface area contributed by atoms with E-state index in [2.05, 4.69) is 13.0 Å². The van der Waals surface area contributed by atoms with Crippen LogP contribution < -0.4 is 9.47 Å². The average molecular weight is 233 g/mol. The van der Waals surface area contributed by atoms with Gasteiger partial charge in [-0.15, -0.1) is 0 Å². The molecule has 0 saturated heterocycles. The summed E-state index contributed by atoms with van der Waals surface area (Å²) in [5.74, 6) is 1.51. The Kier molecular flexibility index (Phi) is 5.35. The lowest BCUT2D eigenvalue weighted by molar-refractivity contribution is 0.351. The van der Waals surface area contributed by atoms with E-state index in [-0.39, 0.29) is 0 Å². The van der Waals surface area contributed by atoms with Crippen LogP contribution in [0.3, 0.4) is 0 Å². The third-order valence-corrected chi connectivity index (χ3v) is 2.80. The first-order valence-electron chi connectivity index (χ1n) is 5.88.